The highest BCUT2D eigenvalue weighted by Crippen LogP contribution is 2.28. The molecule has 0 unspecified atom stereocenters. The molecule has 19 heavy (non-hydrogen) atoms. The van der Waals surface area contributed by atoms with Gasteiger partial charge in [-0.05, 0) is 16.3 Å². The van der Waals surface area contributed by atoms with Gasteiger partial charge in [-0.15, -0.1) is 0 Å². The van der Waals surface area contributed by atoms with Gasteiger partial charge in [-0.3, -0.25) is 9.59 Å². The van der Waals surface area contributed by atoms with Crippen LogP contribution in [0.5, 0.6) is 0 Å². The van der Waals surface area contributed by atoms with Crippen molar-refractivity contribution >= 4 is 33.6 Å². The maximum absolute atomic E-state index is 11.4. The summed E-state index contributed by atoms with van der Waals surface area (Å²) in [6.45, 7) is 1.45. The van der Waals surface area contributed by atoms with Crippen molar-refractivity contribution < 1.29 is 14.7 Å². The van der Waals surface area contributed by atoms with Crippen LogP contribution in [0.25, 0.3) is 10.8 Å². The molecule has 0 heterocycles. The van der Waals surface area contributed by atoms with E-state index in [9.17, 15) is 14.7 Å². The molecular formula is C15H14O3S. The summed E-state index contributed by atoms with van der Waals surface area (Å²) in [6.07, 6.45) is 0. The van der Waals surface area contributed by atoms with Crippen LogP contribution >= 0.6 is 11.8 Å². The molecule has 0 fully saturated rings. The maximum atomic E-state index is 11.4. The number of aliphatic carboxylic acids is 1. The third kappa shape index (κ3) is 3.15. The summed E-state index contributed by atoms with van der Waals surface area (Å²) in [4.78, 5) is 22.5. The fourth-order valence-electron chi connectivity index (χ4n) is 2.05. The zero-order chi connectivity index (χ0) is 13.8. The van der Waals surface area contributed by atoms with Gasteiger partial charge in [0.05, 0.1) is 5.92 Å². The first-order chi connectivity index (χ1) is 9.09. The fraction of sp³-hybridized carbons (Fsp3) is 0.200. The first kappa shape index (κ1) is 13.6. The van der Waals surface area contributed by atoms with Gasteiger partial charge in [0.15, 0.2) is 5.12 Å². The van der Waals surface area contributed by atoms with E-state index in [2.05, 4.69) is 0 Å². The van der Waals surface area contributed by atoms with Crippen molar-refractivity contribution in [3.8, 4) is 0 Å². The average Bonchev–Trinajstić information content (AvgIpc) is 2.38. The summed E-state index contributed by atoms with van der Waals surface area (Å²) in [7, 11) is 0. The van der Waals surface area contributed by atoms with Crippen molar-refractivity contribution in [1.82, 2.24) is 0 Å². The van der Waals surface area contributed by atoms with E-state index in [1.165, 1.54) is 6.92 Å². The van der Waals surface area contributed by atoms with Crippen LogP contribution in [-0.4, -0.2) is 21.9 Å². The summed E-state index contributed by atoms with van der Waals surface area (Å²) in [6, 6.07) is 13.3. The Morgan fingerprint density at radius 1 is 1.16 bits per heavy atom. The molecule has 1 atom stereocenters. The Bertz CT molecular complexity index is 616. The normalized spacial score (nSPS) is 12.3. The number of benzene rings is 2. The van der Waals surface area contributed by atoms with Crippen molar-refractivity contribution in [3.63, 3.8) is 0 Å². The molecule has 4 heteroatoms. The Labute approximate surface area is 115 Å². The molecule has 0 saturated carbocycles. The molecule has 0 saturated heterocycles. The van der Waals surface area contributed by atoms with E-state index < -0.39 is 11.9 Å². The summed E-state index contributed by atoms with van der Waals surface area (Å²) in [5.74, 6) is -1.30. The lowest BCUT2D eigenvalue weighted by Crippen LogP contribution is -2.15. The van der Waals surface area contributed by atoms with Crippen LogP contribution < -0.4 is 0 Å². The predicted molar refractivity (Wildman–Crippen MR) is 77.5 cm³/mol. The van der Waals surface area contributed by atoms with Gasteiger partial charge in [0.25, 0.3) is 0 Å². The highest BCUT2D eigenvalue weighted by molar-refractivity contribution is 8.13. The summed E-state index contributed by atoms with van der Waals surface area (Å²) < 4.78 is 0. The van der Waals surface area contributed by atoms with E-state index in [1.54, 1.807) is 0 Å². The van der Waals surface area contributed by atoms with Crippen molar-refractivity contribution in [1.29, 1.82) is 0 Å². The van der Waals surface area contributed by atoms with E-state index in [-0.39, 0.29) is 10.9 Å². The van der Waals surface area contributed by atoms with Gasteiger partial charge in [-0.2, -0.15) is 0 Å². The third-order valence-corrected chi connectivity index (χ3v) is 3.86. The topological polar surface area (TPSA) is 54.4 Å². The maximum Gasteiger partial charge on any atom is 0.311 e. The molecule has 1 N–H and O–H groups in total. The number of hydrogen-bond donors (Lipinski definition) is 1. The van der Waals surface area contributed by atoms with Gasteiger partial charge >= 0.3 is 5.97 Å². The second-order valence-corrected chi connectivity index (χ2v) is 5.46. The zero-order valence-electron chi connectivity index (χ0n) is 10.5. The van der Waals surface area contributed by atoms with E-state index in [0.717, 1.165) is 28.1 Å². The Hall–Kier alpha value is -1.81. The average molecular weight is 274 g/mol. The lowest BCUT2D eigenvalue weighted by molar-refractivity contribution is -0.138. The van der Waals surface area contributed by atoms with E-state index in [0.29, 0.717) is 0 Å². The van der Waals surface area contributed by atoms with Crippen LogP contribution in [0.15, 0.2) is 42.5 Å². The van der Waals surface area contributed by atoms with E-state index in [1.807, 2.05) is 42.5 Å². The Balaban J connectivity index is 2.44. The first-order valence-corrected chi connectivity index (χ1v) is 6.92. The van der Waals surface area contributed by atoms with Gasteiger partial charge in [-0.25, -0.2) is 0 Å². The third-order valence-electron chi connectivity index (χ3n) is 2.95. The number of thioether (sulfide) groups is 1. The summed E-state index contributed by atoms with van der Waals surface area (Å²) in [5.41, 5.74) is 0.763. The van der Waals surface area contributed by atoms with Gasteiger partial charge < -0.3 is 5.11 Å². The quantitative estimate of drug-likeness (QED) is 0.929. The Kier molecular flexibility index (Phi) is 4.22. The van der Waals surface area contributed by atoms with E-state index in [4.69, 9.17) is 0 Å². The minimum absolute atomic E-state index is 0.0634. The van der Waals surface area contributed by atoms with Crippen molar-refractivity contribution in [2.24, 2.45) is 0 Å². The van der Waals surface area contributed by atoms with Crippen LogP contribution in [0, 0.1) is 0 Å². The number of carboxylic acids is 1. The molecule has 0 radical (unpaired) electrons. The molecule has 0 amide bonds. The number of rotatable bonds is 4. The minimum atomic E-state index is -0.898. The highest BCUT2D eigenvalue weighted by atomic mass is 32.2. The van der Waals surface area contributed by atoms with E-state index >= 15 is 0 Å². The smallest absolute Gasteiger partial charge is 0.311 e. The molecule has 0 aliphatic carbocycles. The SMILES string of the molecule is CC(=O)SC[C@H](C(=O)O)c1cccc2ccccc12. The molecule has 2 rings (SSSR count). The number of carboxylic acid groups (broad SMARTS) is 1. The van der Waals surface area contributed by atoms with Crippen LogP contribution in [-0.2, 0) is 9.59 Å². The fourth-order valence-corrected chi connectivity index (χ4v) is 2.77. The molecule has 0 aromatic heterocycles. The molecule has 0 spiro atoms. The molecule has 2 aromatic carbocycles. The molecule has 0 bridgehead atoms. The summed E-state index contributed by atoms with van der Waals surface area (Å²) in [5, 5.41) is 11.3. The van der Waals surface area contributed by atoms with Crippen LogP contribution in [0.4, 0.5) is 0 Å². The number of fused-ring (bicyclic) bond motifs is 1. The molecular weight excluding hydrogens is 260 g/mol. The standard InChI is InChI=1S/C15H14O3S/c1-10(16)19-9-14(15(17)18)13-8-4-6-11-5-2-3-7-12(11)13/h2-8,14H,9H2,1H3,(H,17,18)/t14-/m0/s1. The number of carbonyl (C=O) groups is 2. The van der Waals surface area contributed by atoms with Crippen molar-refractivity contribution in [2.45, 2.75) is 12.8 Å². The number of carbonyl (C=O) groups excluding carboxylic acids is 1. The zero-order valence-corrected chi connectivity index (χ0v) is 11.3. The molecule has 2 aromatic rings. The molecule has 98 valence electrons. The first-order valence-electron chi connectivity index (χ1n) is 5.93. The highest BCUT2D eigenvalue weighted by Gasteiger charge is 2.22. The predicted octanol–water partition coefficient (Wildman–Crippen LogP) is 3.29. The number of hydrogen-bond acceptors (Lipinski definition) is 3. The molecule has 0 aliphatic heterocycles. The van der Waals surface area contributed by atoms with Gasteiger partial charge in [0.1, 0.15) is 0 Å². The summed E-state index contributed by atoms with van der Waals surface area (Å²) >= 11 is 1.05. The lowest BCUT2D eigenvalue weighted by atomic mass is 9.95. The largest absolute Gasteiger partial charge is 0.481 e. The second kappa shape index (κ2) is 5.89. The lowest BCUT2D eigenvalue weighted by Gasteiger charge is -2.14. The molecule has 0 aliphatic rings. The van der Waals surface area contributed by atoms with Crippen molar-refractivity contribution in [3.05, 3.63) is 48.0 Å². The van der Waals surface area contributed by atoms with Gasteiger partial charge in [0, 0.05) is 12.7 Å². The minimum Gasteiger partial charge on any atom is -0.481 e. The molecule has 3 nitrogen and oxygen atoms in total. The monoisotopic (exact) mass is 274 g/mol. The van der Waals surface area contributed by atoms with Crippen LogP contribution in [0.2, 0.25) is 0 Å². The Morgan fingerprint density at radius 3 is 2.53 bits per heavy atom. The van der Waals surface area contributed by atoms with Crippen LogP contribution in [0.1, 0.15) is 18.4 Å². The Morgan fingerprint density at radius 2 is 1.84 bits per heavy atom. The second-order valence-electron chi connectivity index (χ2n) is 4.26. The van der Waals surface area contributed by atoms with Gasteiger partial charge in [-0.1, -0.05) is 54.2 Å². The van der Waals surface area contributed by atoms with Crippen molar-refractivity contribution in [2.75, 3.05) is 5.75 Å². The van der Waals surface area contributed by atoms with Gasteiger partial charge in [0.2, 0.25) is 0 Å². The van der Waals surface area contributed by atoms with Crippen LogP contribution in [0.3, 0.4) is 0 Å².